The molecule has 1 aliphatic heterocycles. The number of likely N-dealkylation sites (N-methyl/N-ethyl adjacent to an activating group) is 1. The van der Waals surface area contributed by atoms with Crippen LogP contribution in [0.3, 0.4) is 0 Å². The number of methoxy groups -OCH3 is 2. The number of nitrogens with zero attached hydrogens (tertiary/aromatic N) is 2. The molecule has 0 fully saturated rings. The molecule has 3 aromatic rings. The lowest BCUT2D eigenvalue weighted by Gasteiger charge is -2.38. The lowest BCUT2D eigenvalue weighted by molar-refractivity contribution is 0.0389. The van der Waals surface area contributed by atoms with E-state index in [1.54, 1.807) is 68.6 Å². The van der Waals surface area contributed by atoms with Crippen LogP contribution in [0.4, 0.5) is 16.2 Å². The zero-order chi connectivity index (χ0) is 32.0. The molecule has 0 aliphatic carbocycles. The van der Waals surface area contributed by atoms with Crippen LogP contribution in [-0.2, 0) is 10.0 Å². The molecule has 0 saturated heterocycles. The lowest BCUT2D eigenvalue weighted by atomic mass is 9.99. The zero-order valence-electron chi connectivity index (χ0n) is 25.3. The van der Waals surface area contributed by atoms with Gasteiger partial charge in [0.1, 0.15) is 17.6 Å². The Bertz CT molecular complexity index is 1560. The maximum Gasteiger partial charge on any atom is 0.323 e. The molecule has 0 radical (unpaired) electrons. The van der Waals surface area contributed by atoms with Crippen molar-refractivity contribution >= 4 is 33.3 Å². The van der Waals surface area contributed by atoms with Crippen LogP contribution in [0.5, 0.6) is 17.2 Å². The van der Waals surface area contributed by atoms with Crippen LogP contribution in [0.25, 0.3) is 0 Å². The van der Waals surface area contributed by atoms with Crippen LogP contribution in [0.1, 0.15) is 24.2 Å². The number of hydrogen-bond donors (Lipinski definition) is 3. The number of rotatable bonds is 10. The Labute approximate surface area is 257 Å². The highest BCUT2D eigenvalue weighted by Gasteiger charge is 2.36. The van der Waals surface area contributed by atoms with Gasteiger partial charge in [-0.3, -0.25) is 4.79 Å². The second-order valence-electron chi connectivity index (χ2n) is 10.6. The first-order valence-corrected chi connectivity index (χ1v) is 15.5. The van der Waals surface area contributed by atoms with Gasteiger partial charge in [-0.2, -0.15) is 4.31 Å². The average molecular weight is 627 g/mol. The topological polar surface area (TPSA) is 147 Å². The molecule has 0 aromatic heterocycles. The largest absolute Gasteiger partial charge is 0.497 e. The maximum absolute atomic E-state index is 13.7. The lowest BCUT2D eigenvalue weighted by Crippen LogP contribution is -2.50. The number of aliphatic hydroxyl groups excluding tert-OH is 1. The van der Waals surface area contributed by atoms with Crippen molar-refractivity contribution < 1.29 is 37.3 Å². The zero-order valence-corrected chi connectivity index (χ0v) is 26.1. The highest BCUT2D eigenvalue weighted by atomic mass is 32.2. The first-order valence-electron chi connectivity index (χ1n) is 14.0. The number of anilines is 2. The molecule has 0 unspecified atom stereocenters. The Kier molecular flexibility index (Phi) is 10.3. The Morgan fingerprint density at radius 1 is 1.05 bits per heavy atom. The van der Waals surface area contributed by atoms with Crippen LogP contribution in [0.2, 0.25) is 0 Å². The summed E-state index contributed by atoms with van der Waals surface area (Å²) in [6.07, 6.45) is -0.735. The summed E-state index contributed by atoms with van der Waals surface area (Å²) in [4.78, 5) is 28.4. The van der Waals surface area contributed by atoms with E-state index in [-0.39, 0.29) is 53.4 Å². The van der Waals surface area contributed by atoms with Crippen LogP contribution >= 0.6 is 0 Å². The number of benzene rings is 3. The van der Waals surface area contributed by atoms with Gasteiger partial charge in [0.15, 0.2) is 5.75 Å². The Morgan fingerprint density at radius 3 is 2.25 bits per heavy atom. The third-order valence-corrected chi connectivity index (χ3v) is 9.33. The predicted molar refractivity (Wildman–Crippen MR) is 166 cm³/mol. The second kappa shape index (κ2) is 14.0. The molecule has 44 heavy (non-hydrogen) atoms. The number of nitrogens with one attached hydrogen (secondary N) is 2. The first-order chi connectivity index (χ1) is 21.0. The minimum absolute atomic E-state index is 0.0586. The van der Waals surface area contributed by atoms with Gasteiger partial charge in [0.25, 0.3) is 5.91 Å². The Hall–Kier alpha value is -4.33. The van der Waals surface area contributed by atoms with Crippen molar-refractivity contribution in [1.82, 2.24) is 9.21 Å². The molecule has 0 spiro atoms. The number of sulfonamides is 1. The summed E-state index contributed by atoms with van der Waals surface area (Å²) in [6.45, 7) is 3.45. The van der Waals surface area contributed by atoms with Crippen LogP contribution < -0.4 is 24.8 Å². The molecular weight excluding hydrogens is 588 g/mol. The van der Waals surface area contributed by atoms with E-state index in [1.807, 2.05) is 6.92 Å². The molecule has 4 rings (SSSR count). The summed E-state index contributed by atoms with van der Waals surface area (Å²) >= 11 is 0. The number of hydrogen-bond acceptors (Lipinski definition) is 8. The second-order valence-corrected chi connectivity index (χ2v) is 12.6. The molecule has 3 N–H and O–H groups in total. The number of fused-ring (bicyclic) bond motifs is 1. The van der Waals surface area contributed by atoms with Crippen LogP contribution in [0, 0.1) is 5.92 Å². The summed E-state index contributed by atoms with van der Waals surface area (Å²) in [7, 11) is 0.591. The van der Waals surface area contributed by atoms with Gasteiger partial charge in [0.2, 0.25) is 10.0 Å². The van der Waals surface area contributed by atoms with Crippen molar-refractivity contribution in [3.05, 3.63) is 72.3 Å². The van der Waals surface area contributed by atoms with Crippen molar-refractivity contribution in [2.24, 2.45) is 5.92 Å². The molecular formula is C31H38N4O8S. The third-order valence-electron chi connectivity index (χ3n) is 7.49. The van der Waals surface area contributed by atoms with Gasteiger partial charge in [-0.1, -0.05) is 13.0 Å². The summed E-state index contributed by atoms with van der Waals surface area (Å²) in [6, 6.07) is 16.5. The number of urea groups is 1. The number of amides is 3. The fourth-order valence-corrected chi connectivity index (χ4v) is 5.98. The minimum atomic E-state index is -3.91. The van der Waals surface area contributed by atoms with E-state index in [9.17, 15) is 23.1 Å². The van der Waals surface area contributed by atoms with E-state index in [0.29, 0.717) is 17.2 Å². The molecule has 0 bridgehead atoms. The van der Waals surface area contributed by atoms with Crippen molar-refractivity contribution in [2.45, 2.75) is 30.9 Å². The number of para-hydroxylation sites is 1. The summed E-state index contributed by atoms with van der Waals surface area (Å²) < 4.78 is 44.9. The summed E-state index contributed by atoms with van der Waals surface area (Å²) in [5, 5.41) is 15.4. The molecule has 12 nitrogen and oxygen atoms in total. The van der Waals surface area contributed by atoms with E-state index in [1.165, 1.54) is 35.5 Å². The van der Waals surface area contributed by atoms with Gasteiger partial charge in [-0.15, -0.1) is 0 Å². The predicted octanol–water partition coefficient (Wildman–Crippen LogP) is 3.89. The first kappa shape index (κ1) is 32.6. The van der Waals surface area contributed by atoms with E-state index >= 15 is 0 Å². The maximum atomic E-state index is 13.7. The van der Waals surface area contributed by atoms with E-state index in [4.69, 9.17) is 14.2 Å². The summed E-state index contributed by atoms with van der Waals surface area (Å²) in [5.41, 5.74) is 0.905. The van der Waals surface area contributed by atoms with Crippen LogP contribution in [0.15, 0.2) is 71.6 Å². The fourth-order valence-electron chi connectivity index (χ4n) is 4.80. The van der Waals surface area contributed by atoms with Gasteiger partial charge >= 0.3 is 6.03 Å². The van der Waals surface area contributed by atoms with Crippen molar-refractivity contribution in [3.63, 3.8) is 0 Å². The molecule has 0 saturated carbocycles. The van der Waals surface area contributed by atoms with Gasteiger partial charge in [-0.25, -0.2) is 13.2 Å². The number of ether oxygens (including phenoxy) is 3. The minimum Gasteiger partial charge on any atom is -0.497 e. The third kappa shape index (κ3) is 7.24. The van der Waals surface area contributed by atoms with Crippen molar-refractivity contribution in [2.75, 3.05) is 51.6 Å². The van der Waals surface area contributed by atoms with Crippen LogP contribution in [-0.4, -0.2) is 87.8 Å². The monoisotopic (exact) mass is 626 g/mol. The smallest absolute Gasteiger partial charge is 0.323 e. The SMILES string of the molecule is COc1ccc(NC(=O)Nc2cccc3c2O[C@@H](CN(C)S(=O)(=O)c2ccc(OC)cc2)[C@H](C)CN([C@@H](C)CO)C3=O)cc1. The Morgan fingerprint density at radius 2 is 1.66 bits per heavy atom. The highest BCUT2D eigenvalue weighted by Crippen LogP contribution is 2.35. The molecule has 236 valence electrons. The van der Waals surface area contributed by atoms with E-state index < -0.39 is 28.2 Å². The van der Waals surface area contributed by atoms with Crippen molar-refractivity contribution in [1.29, 1.82) is 0 Å². The fraction of sp³-hybridized carbons (Fsp3) is 0.355. The molecule has 1 aliphatic rings. The Balaban J connectivity index is 1.66. The van der Waals surface area contributed by atoms with Gasteiger partial charge < -0.3 is 34.9 Å². The van der Waals surface area contributed by atoms with E-state index in [0.717, 1.165) is 0 Å². The van der Waals surface area contributed by atoms with E-state index in [2.05, 4.69) is 10.6 Å². The molecule has 3 atom stereocenters. The quantitative estimate of drug-likeness (QED) is 0.307. The standard InChI is InChI=1S/C31H38N4O8S/c1-20-17-35(21(2)19-36)30(37)26-7-6-8-27(33-31(38)32-22-9-11-23(41-4)12-10-22)29(26)43-28(20)18-34(3)44(39,40)25-15-13-24(42-5)14-16-25/h6-16,20-21,28,36H,17-19H2,1-5H3,(H2,32,33,38)/t20-,21+,28+/m1/s1. The number of carbonyl (C=O) groups is 2. The molecule has 13 heteroatoms. The molecule has 1 heterocycles. The highest BCUT2D eigenvalue weighted by molar-refractivity contribution is 7.89. The number of aliphatic hydroxyl groups is 1. The molecule has 3 aromatic carbocycles. The normalized spacial score (nSPS) is 17.5. The van der Waals surface area contributed by atoms with Gasteiger partial charge in [0.05, 0.1) is 49.6 Å². The molecule has 3 amide bonds. The van der Waals surface area contributed by atoms with Gasteiger partial charge in [-0.05, 0) is 67.6 Å². The van der Waals surface area contributed by atoms with Gasteiger partial charge in [0, 0.05) is 25.2 Å². The average Bonchev–Trinajstić information content (AvgIpc) is 3.02. The van der Waals surface area contributed by atoms with Crippen molar-refractivity contribution in [3.8, 4) is 17.2 Å². The number of carbonyl (C=O) groups excluding carboxylic acids is 2. The summed E-state index contributed by atoms with van der Waals surface area (Å²) in [5.74, 6) is 0.512.